The highest BCUT2D eigenvalue weighted by molar-refractivity contribution is 6.25. The number of carbonyl (C=O) groups is 2. The Bertz CT molecular complexity index is 1640. The van der Waals surface area contributed by atoms with Crippen LogP contribution in [0.3, 0.4) is 0 Å². The first kappa shape index (κ1) is 48.1. The molecule has 1 saturated carbocycles. The molecule has 0 bridgehead atoms. The number of nitrogens with one attached hydrogen (secondary N) is 2. The summed E-state index contributed by atoms with van der Waals surface area (Å²) in [7, 11) is 0. The van der Waals surface area contributed by atoms with Gasteiger partial charge in [-0.15, -0.1) is 0 Å². The number of nitrogens with zero attached hydrogens (tertiary/aromatic N) is 1. The highest BCUT2D eigenvalue weighted by Crippen LogP contribution is 2.58. The summed E-state index contributed by atoms with van der Waals surface area (Å²) in [6.07, 6.45) is 16.2. The first-order chi connectivity index (χ1) is 27.9. The molecule has 1 amide bonds. The van der Waals surface area contributed by atoms with Crippen LogP contribution in [0.5, 0.6) is 0 Å². The van der Waals surface area contributed by atoms with Crippen LogP contribution in [0.15, 0.2) is 71.1 Å². The van der Waals surface area contributed by atoms with Gasteiger partial charge in [0.2, 0.25) is 0 Å². The fraction of sp³-hybridized carbons (Fsp3) is 0.674. The lowest BCUT2D eigenvalue weighted by Crippen LogP contribution is -2.50. The number of Topliss-reactive ketones (excluding diaryl/α,β-unsaturated/α-hetero) is 1. The minimum absolute atomic E-state index is 0.0315. The summed E-state index contributed by atoms with van der Waals surface area (Å²) >= 11 is 0. The maximum absolute atomic E-state index is 12.8. The van der Waals surface area contributed by atoms with Crippen molar-refractivity contribution >= 4 is 17.6 Å². The predicted molar refractivity (Wildman–Crippen MR) is 229 cm³/mol. The van der Waals surface area contributed by atoms with Gasteiger partial charge in [-0.1, -0.05) is 81.4 Å². The first-order valence-corrected chi connectivity index (χ1v) is 21.7. The molecule has 4 rings (SSSR count). The number of ketones is 1. The fourth-order valence-electron chi connectivity index (χ4n) is 9.89. The zero-order valence-electron chi connectivity index (χ0n) is 35.7. The van der Waals surface area contributed by atoms with E-state index in [0.717, 1.165) is 37.8 Å². The number of allylic oxidation sites excluding steroid dienone is 2. The molecular formula is C46H72N4O9. The zero-order valence-corrected chi connectivity index (χ0v) is 35.7. The summed E-state index contributed by atoms with van der Waals surface area (Å²) in [6, 6.07) is 0.0588. The SMILES string of the molecule is CC1=C[C@@H]2[C@H](O)CCC[C@@H]2[C@](C)(C(O)=C2C(=O)CNC2=O)[C@@H]1CC[C@H](C)[C@H](O)/C(C)=C/C[C@H](O)/C=C/[C@H](C)[C@H](O)/C=C/C[C@H](O)/C=C/C[C@@H](O)C[C@@H]1CCCN1C(=N)N. The molecule has 0 radical (unpaired) electrons. The molecular weight excluding hydrogens is 753 g/mol. The number of nitrogens with two attached hydrogens (primary N) is 1. The Labute approximate surface area is 350 Å². The molecule has 0 aromatic heterocycles. The van der Waals surface area contributed by atoms with Gasteiger partial charge in [0.15, 0.2) is 11.7 Å². The Morgan fingerprint density at radius 2 is 1.69 bits per heavy atom. The minimum atomic E-state index is -0.953. The Morgan fingerprint density at radius 1 is 1.00 bits per heavy atom. The van der Waals surface area contributed by atoms with E-state index in [0.29, 0.717) is 37.7 Å². The molecule has 0 aromatic carbocycles. The number of aliphatic hydroxyl groups is 7. The molecule has 13 atom stereocenters. The Balaban J connectivity index is 1.25. The van der Waals surface area contributed by atoms with Gasteiger partial charge in [0.25, 0.3) is 5.91 Å². The molecule has 4 aliphatic rings. The molecule has 13 heteroatoms. The number of likely N-dealkylation sites (tertiary alicyclic amines) is 1. The van der Waals surface area contributed by atoms with Crippen molar-refractivity contribution in [1.29, 1.82) is 5.41 Å². The molecule has 2 aliphatic heterocycles. The second-order valence-corrected chi connectivity index (χ2v) is 17.9. The molecule has 0 spiro atoms. The zero-order chi connectivity index (χ0) is 43.6. The summed E-state index contributed by atoms with van der Waals surface area (Å²) < 4.78 is 0. The normalized spacial score (nSPS) is 31.2. The van der Waals surface area contributed by atoms with E-state index >= 15 is 0 Å². The van der Waals surface area contributed by atoms with Gasteiger partial charge in [0.1, 0.15) is 11.3 Å². The van der Waals surface area contributed by atoms with Crippen molar-refractivity contribution in [3.05, 3.63) is 71.1 Å². The maximum Gasteiger partial charge on any atom is 0.258 e. The van der Waals surface area contributed by atoms with E-state index < -0.39 is 53.7 Å². The van der Waals surface area contributed by atoms with Crippen molar-refractivity contribution in [1.82, 2.24) is 10.2 Å². The molecule has 59 heavy (non-hydrogen) atoms. The number of hydrogen-bond donors (Lipinski definition) is 10. The second kappa shape index (κ2) is 21.8. The summed E-state index contributed by atoms with van der Waals surface area (Å²) in [5.41, 5.74) is 6.20. The van der Waals surface area contributed by atoms with Crippen molar-refractivity contribution in [3.8, 4) is 0 Å². The number of amides is 1. The van der Waals surface area contributed by atoms with Crippen LogP contribution in [0.1, 0.15) is 105 Å². The molecule has 0 unspecified atom stereocenters. The topological polar surface area (TPSA) is 241 Å². The average Bonchev–Trinajstić information content (AvgIpc) is 3.80. The summed E-state index contributed by atoms with van der Waals surface area (Å²) in [6.45, 7) is 10.1. The summed E-state index contributed by atoms with van der Waals surface area (Å²) in [4.78, 5) is 27.3. The van der Waals surface area contributed by atoms with E-state index in [1.54, 1.807) is 36.5 Å². The third-order valence-electron chi connectivity index (χ3n) is 13.6. The molecule has 0 aromatic rings. The largest absolute Gasteiger partial charge is 0.511 e. The number of carbonyl (C=O) groups excluding carboxylic acids is 2. The number of fused-ring (bicyclic) bond motifs is 1. The van der Waals surface area contributed by atoms with Crippen LogP contribution in [0, 0.1) is 40.4 Å². The quantitative estimate of drug-likeness (QED) is 0.0221. The highest BCUT2D eigenvalue weighted by Gasteiger charge is 2.55. The van der Waals surface area contributed by atoms with Gasteiger partial charge in [-0.2, -0.15) is 0 Å². The van der Waals surface area contributed by atoms with Gasteiger partial charge in [-0.3, -0.25) is 15.0 Å². The van der Waals surface area contributed by atoms with Gasteiger partial charge >= 0.3 is 0 Å². The van der Waals surface area contributed by atoms with Crippen LogP contribution in [-0.2, 0) is 9.59 Å². The average molecular weight is 825 g/mol. The van der Waals surface area contributed by atoms with Gasteiger partial charge in [-0.25, -0.2) is 0 Å². The van der Waals surface area contributed by atoms with Crippen LogP contribution in [-0.4, -0.2) is 114 Å². The maximum atomic E-state index is 12.8. The lowest BCUT2D eigenvalue weighted by molar-refractivity contribution is -0.118. The number of aliphatic hydroxyl groups excluding tert-OH is 7. The number of guanidine groups is 1. The van der Waals surface area contributed by atoms with Crippen molar-refractivity contribution in [2.45, 2.75) is 148 Å². The van der Waals surface area contributed by atoms with Gasteiger partial charge < -0.3 is 51.7 Å². The number of rotatable bonds is 19. The Hall–Kier alpha value is -3.59. The lowest BCUT2D eigenvalue weighted by atomic mass is 9.52. The van der Waals surface area contributed by atoms with Gasteiger partial charge in [0.05, 0.1) is 43.2 Å². The number of hydrogen-bond acceptors (Lipinski definition) is 10. The van der Waals surface area contributed by atoms with E-state index in [1.165, 1.54) is 0 Å². The molecule has 2 aliphatic carbocycles. The van der Waals surface area contributed by atoms with Crippen LogP contribution in [0.4, 0.5) is 0 Å². The van der Waals surface area contributed by atoms with Crippen LogP contribution >= 0.6 is 0 Å². The lowest BCUT2D eigenvalue weighted by Gasteiger charge is -2.53. The minimum Gasteiger partial charge on any atom is -0.511 e. The summed E-state index contributed by atoms with van der Waals surface area (Å²) in [5.74, 6) is -2.23. The predicted octanol–water partition coefficient (Wildman–Crippen LogP) is 4.25. The molecule has 2 heterocycles. The molecule has 330 valence electrons. The Morgan fingerprint density at radius 3 is 2.37 bits per heavy atom. The van der Waals surface area contributed by atoms with Crippen LogP contribution < -0.4 is 11.1 Å². The standard InChI is InChI=1S/C46H72N4O9/c1-27(38(54)15-7-12-32(51)11-6-13-34(53)25-31-10-9-23-50(31)45(47)48)17-20-33(52)21-18-28(2)42(57)29(3)19-22-36-30(4)24-35-37(14-8-16-39(35)55)46(36,5)43(58)41-40(56)26-49-44(41)59/h6-7,11,15,17-18,20,24,27,29,31-39,42,51-55,57-58H,8-10,12-14,16,19,21-23,25-26H2,1-5H3,(H3,47,48)(H,49,59)/b11-6+,15-7+,20-17+,28-18+,43-41?/t27-,29-,31-,32+,33+,34+,35-,36+,37-,38+,39+,42+,46+/m0/s1. The van der Waals surface area contributed by atoms with Crippen molar-refractivity contribution in [2.24, 2.45) is 40.7 Å². The molecule has 11 N–H and O–H groups in total. The van der Waals surface area contributed by atoms with Gasteiger partial charge in [0, 0.05) is 29.8 Å². The van der Waals surface area contributed by atoms with E-state index in [9.17, 15) is 45.3 Å². The monoisotopic (exact) mass is 825 g/mol. The van der Waals surface area contributed by atoms with Gasteiger partial charge in [-0.05, 0) is 101 Å². The van der Waals surface area contributed by atoms with E-state index in [2.05, 4.69) is 11.4 Å². The first-order valence-electron chi connectivity index (χ1n) is 21.7. The summed E-state index contributed by atoms with van der Waals surface area (Å²) in [5, 5.41) is 86.3. The molecule has 13 nitrogen and oxygen atoms in total. The molecule has 2 saturated heterocycles. The second-order valence-electron chi connectivity index (χ2n) is 17.9. The fourth-order valence-corrected chi connectivity index (χ4v) is 9.89. The third kappa shape index (κ3) is 12.3. The molecule has 3 fully saturated rings. The van der Waals surface area contributed by atoms with Crippen molar-refractivity contribution in [2.75, 3.05) is 13.1 Å². The van der Waals surface area contributed by atoms with Crippen LogP contribution in [0.2, 0.25) is 0 Å². The van der Waals surface area contributed by atoms with Crippen LogP contribution in [0.25, 0.3) is 0 Å². The highest BCUT2D eigenvalue weighted by atomic mass is 16.3. The van der Waals surface area contributed by atoms with E-state index in [1.807, 2.05) is 45.6 Å². The smallest absolute Gasteiger partial charge is 0.258 e. The van der Waals surface area contributed by atoms with E-state index in [-0.39, 0.29) is 72.3 Å². The van der Waals surface area contributed by atoms with Crippen molar-refractivity contribution in [3.63, 3.8) is 0 Å². The Kier molecular flexibility index (Phi) is 17.8. The third-order valence-corrected chi connectivity index (χ3v) is 13.6. The van der Waals surface area contributed by atoms with Crippen molar-refractivity contribution < 1.29 is 45.3 Å². The van der Waals surface area contributed by atoms with E-state index in [4.69, 9.17) is 11.1 Å².